The lowest BCUT2D eigenvalue weighted by Crippen LogP contribution is -2.21. The molecule has 0 radical (unpaired) electrons. The third-order valence-electron chi connectivity index (χ3n) is 4.18. The van der Waals surface area contributed by atoms with Crippen LogP contribution in [0.25, 0.3) is 10.2 Å². The van der Waals surface area contributed by atoms with Crippen LogP contribution >= 0.6 is 22.9 Å². The molecule has 0 saturated carbocycles. The fraction of sp³-hybridized carbons (Fsp3) is 0.235. The van der Waals surface area contributed by atoms with Crippen molar-refractivity contribution in [3.8, 4) is 0 Å². The van der Waals surface area contributed by atoms with E-state index in [2.05, 4.69) is 15.5 Å². The molecule has 0 aliphatic heterocycles. The molecule has 1 aliphatic carbocycles. The predicted molar refractivity (Wildman–Crippen MR) is 99.6 cm³/mol. The van der Waals surface area contributed by atoms with Crippen molar-refractivity contribution in [1.29, 1.82) is 0 Å². The van der Waals surface area contributed by atoms with Crippen LogP contribution in [0.4, 0.5) is 5.69 Å². The van der Waals surface area contributed by atoms with Crippen molar-refractivity contribution in [2.24, 2.45) is 12.1 Å². The van der Waals surface area contributed by atoms with E-state index < -0.39 is 0 Å². The number of halogens is 1. The molecule has 2 aromatic heterocycles. The Kier molecular flexibility index (Phi) is 3.86. The summed E-state index contributed by atoms with van der Waals surface area (Å²) >= 11 is 7.45. The number of aryl methyl sites for hydroxylation is 2. The summed E-state index contributed by atoms with van der Waals surface area (Å²) in [4.78, 5) is 18.5. The molecule has 7 heteroatoms. The van der Waals surface area contributed by atoms with Crippen molar-refractivity contribution < 1.29 is 0 Å². The molecule has 0 spiro atoms. The van der Waals surface area contributed by atoms with Gasteiger partial charge in [0, 0.05) is 16.9 Å². The Balaban J connectivity index is 1.68. The zero-order valence-corrected chi connectivity index (χ0v) is 14.6. The quantitative estimate of drug-likeness (QED) is 0.575. The smallest absolute Gasteiger partial charge is 0.271 e. The highest BCUT2D eigenvalue weighted by atomic mass is 35.5. The SMILES string of the molecule is Cn1c(/C=N/Nc2ccc(Cl)cc2)nc2c3c(sc2c1=O)CCC3. The number of hydrazone groups is 1. The van der Waals surface area contributed by atoms with E-state index in [0.29, 0.717) is 10.8 Å². The second-order valence-corrected chi connectivity index (χ2v) is 7.29. The summed E-state index contributed by atoms with van der Waals surface area (Å²) in [6.45, 7) is 0. The van der Waals surface area contributed by atoms with E-state index in [-0.39, 0.29) is 5.56 Å². The molecule has 5 nitrogen and oxygen atoms in total. The number of hydrogen-bond acceptors (Lipinski definition) is 5. The Bertz CT molecular complexity index is 1000. The van der Waals surface area contributed by atoms with Gasteiger partial charge < -0.3 is 0 Å². The van der Waals surface area contributed by atoms with Gasteiger partial charge in [-0.05, 0) is 49.1 Å². The highest BCUT2D eigenvalue weighted by Crippen LogP contribution is 2.34. The van der Waals surface area contributed by atoms with Gasteiger partial charge in [0.25, 0.3) is 5.56 Å². The lowest BCUT2D eigenvalue weighted by molar-refractivity contribution is 0.832. The number of thiophene rings is 1. The van der Waals surface area contributed by atoms with Gasteiger partial charge in [-0.3, -0.25) is 14.8 Å². The molecular formula is C17H15ClN4OS. The molecule has 4 rings (SSSR count). The van der Waals surface area contributed by atoms with Crippen LogP contribution in [0.15, 0.2) is 34.2 Å². The minimum Gasteiger partial charge on any atom is -0.294 e. The predicted octanol–water partition coefficient (Wildman–Crippen LogP) is 3.58. The van der Waals surface area contributed by atoms with Crippen LogP contribution in [0.5, 0.6) is 0 Å². The van der Waals surface area contributed by atoms with Crippen LogP contribution in [0.1, 0.15) is 22.7 Å². The standard InChI is InChI=1S/C17H15ClN4OS/c1-22-14(9-19-21-11-7-5-10(18)6-8-11)20-15-12-3-2-4-13(12)24-16(15)17(22)23/h5-9,21H,2-4H2,1H3/b19-9+. The van der Waals surface area contributed by atoms with Gasteiger partial charge in [-0.15, -0.1) is 11.3 Å². The van der Waals surface area contributed by atoms with Crippen LogP contribution in [0.2, 0.25) is 5.02 Å². The zero-order chi connectivity index (χ0) is 16.7. The van der Waals surface area contributed by atoms with E-state index in [0.717, 1.165) is 35.2 Å². The molecule has 0 bridgehead atoms. The molecule has 0 fully saturated rings. The molecule has 0 amide bonds. The largest absolute Gasteiger partial charge is 0.294 e. The third kappa shape index (κ3) is 2.61. The molecular weight excluding hydrogens is 344 g/mol. The minimum absolute atomic E-state index is 0.00709. The molecule has 24 heavy (non-hydrogen) atoms. The Morgan fingerprint density at radius 1 is 1.33 bits per heavy atom. The maximum atomic E-state index is 12.6. The van der Waals surface area contributed by atoms with E-state index in [4.69, 9.17) is 11.6 Å². The number of nitrogens with zero attached hydrogens (tertiary/aromatic N) is 3. The number of benzene rings is 1. The monoisotopic (exact) mass is 358 g/mol. The molecule has 1 aromatic carbocycles. The Labute approximate surface area is 147 Å². The lowest BCUT2D eigenvalue weighted by Gasteiger charge is -2.04. The first-order chi connectivity index (χ1) is 11.6. The second-order valence-electron chi connectivity index (χ2n) is 5.75. The van der Waals surface area contributed by atoms with Crippen molar-refractivity contribution in [2.45, 2.75) is 19.3 Å². The van der Waals surface area contributed by atoms with E-state index in [1.165, 1.54) is 10.4 Å². The second kappa shape index (κ2) is 6.03. The highest BCUT2D eigenvalue weighted by molar-refractivity contribution is 7.19. The van der Waals surface area contributed by atoms with Crippen LogP contribution < -0.4 is 11.0 Å². The third-order valence-corrected chi connectivity index (χ3v) is 5.70. The van der Waals surface area contributed by atoms with Gasteiger partial charge in [0.1, 0.15) is 4.70 Å². The summed E-state index contributed by atoms with van der Waals surface area (Å²) in [5, 5.41) is 4.86. The Morgan fingerprint density at radius 2 is 2.12 bits per heavy atom. The first-order valence-corrected chi connectivity index (χ1v) is 8.89. The van der Waals surface area contributed by atoms with Crippen LogP contribution in [-0.2, 0) is 19.9 Å². The topological polar surface area (TPSA) is 59.3 Å². The normalized spacial score (nSPS) is 13.8. The van der Waals surface area contributed by atoms with Crippen LogP contribution in [-0.4, -0.2) is 15.8 Å². The number of anilines is 1. The van der Waals surface area contributed by atoms with Crippen molar-refractivity contribution in [1.82, 2.24) is 9.55 Å². The maximum absolute atomic E-state index is 12.6. The summed E-state index contributed by atoms with van der Waals surface area (Å²) in [6, 6.07) is 7.24. The Morgan fingerprint density at radius 3 is 2.92 bits per heavy atom. The van der Waals surface area contributed by atoms with Gasteiger partial charge in [-0.1, -0.05) is 11.6 Å². The summed E-state index contributed by atoms with van der Waals surface area (Å²) in [7, 11) is 1.73. The fourth-order valence-electron chi connectivity index (χ4n) is 2.90. The average molecular weight is 359 g/mol. The summed E-state index contributed by atoms with van der Waals surface area (Å²) in [5.74, 6) is 0.543. The maximum Gasteiger partial charge on any atom is 0.271 e. The lowest BCUT2D eigenvalue weighted by atomic mass is 10.2. The van der Waals surface area contributed by atoms with Gasteiger partial charge >= 0.3 is 0 Å². The first-order valence-electron chi connectivity index (χ1n) is 7.69. The summed E-state index contributed by atoms with van der Waals surface area (Å²) < 4.78 is 2.30. The van der Waals surface area contributed by atoms with Gasteiger partial charge in [-0.2, -0.15) is 5.10 Å². The highest BCUT2D eigenvalue weighted by Gasteiger charge is 2.21. The van der Waals surface area contributed by atoms with Crippen LogP contribution in [0, 0.1) is 0 Å². The molecule has 1 aliphatic rings. The molecule has 0 atom stereocenters. The van der Waals surface area contributed by atoms with Crippen molar-refractivity contribution >= 4 is 45.1 Å². The summed E-state index contributed by atoms with van der Waals surface area (Å²) in [5.41, 5.74) is 5.82. The van der Waals surface area contributed by atoms with E-state index in [1.54, 1.807) is 41.3 Å². The number of nitrogens with one attached hydrogen (secondary N) is 1. The average Bonchev–Trinajstić information content (AvgIpc) is 3.16. The minimum atomic E-state index is -0.00709. The number of hydrogen-bond donors (Lipinski definition) is 1. The molecule has 122 valence electrons. The first kappa shape index (κ1) is 15.4. The van der Waals surface area contributed by atoms with Gasteiger partial charge in [-0.25, -0.2) is 4.98 Å². The van der Waals surface area contributed by atoms with Crippen molar-refractivity contribution in [3.05, 3.63) is 55.9 Å². The van der Waals surface area contributed by atoms with E-state index in [9.17, 15) is 4.79 Å². The van der Waals surface area contributed by atoms with Crippen molar-refractivity contribution in [2.75, 3.05) is 5.43 Å². The van der Waals surface area contributed by atoms with Gasteiger partial charge in [0.05, 0.1) is 17.4 Å². The molecule has 3 aromatic rings. The van der Waals surface area contributed by atoms with E-state index >= 15 is 0 Å². The van der Waals surface area contributed by atoms with E-state index in [1.807, 2.05) is 12.1 Å². The summed E-state index contributed by atoms with van der Waals surface area (Å²) in [6.07, 6.45) is 4.79. The number of rotatable bonds is 3. The molecule has 1 N–H and O–H groups in total. The zero-order valence-electron chi connectivity index (χ0n) is 13.0. The molecule has 0 saturated heterocycles. The number of fused-ring (bicyclic) bond motifs is 3. The van der Waals surface area contributed by atoms with Crippen molar-refractivity contribution in [3.63, 3.8) is 0 Å². The molecule has 2 heterocycles. The van der Waals surface area contributed by atoms with Crippen LogP contribution in [0.3, 0.4) is 0 Å². The fourth-order valence-corrected chi connectivity index (χ4v) is 4.33. The number of aromatic nitrogens is 2. The molecule has 0 unspecified atom stereocenters. The van der Waals surface area contributed by atoms with Gasteiger partial charge in [0.15, 0.2) is 5.82 Å². The van der Waals surface area contributed by atoms with Gasteiger partial charge in [0.2, 0.25) is 0 Å². The Hall–Kier alpha value is -2.18.